The van der Waals surface area contributed by atoms with Crippen LogP contribution in [-0.4, -0.2) is 14.1 Å². The van der Waals surface area contributed by atoms with Crippen LogP contribution < -0.4 is 5.32 Å². The molecule has 3 heteroatoms. The molecule has 1 rings (SSSR count). The van der Waals surface area contributed by atoms with E-state index in [-0.39, 0.29) is 18.4 Å². The van der Waals surface area contributed by atoms with E-state index in [4.69, 9.17) is 0 Å². The Morgan fingerprint density at radius 2 is 1.69 bits per heavy atom. The van der Waals surface area contributed by atoms with Gasteiger partial charge in [0.2, 0.25) is 0 Å². The molecule has 1 nitrogen and oxygen atoms in total. The van der Waals surface area contributed by atoms with Crippen molar-refractivity contribution >= 4 is 26.2 Å². The Kier molecular flexibility index (Phi) is 6.24. The van der Waals surface area contributed by atoms with E-state index in [0.717, 1.165) is 5.69 Å². The summed E-state index contributed by atoms with van der Waals surface area (Å²) < 4.78 is 0. The summed E-state index contributed by atoms with van der Waals surface area (Å²) in [4.78, 5) is 0. The number of halogens is 1. The van der Waals surface area contributed by atoms with Crippen LogP contribution in [0.3, 0.4) is 0 Å². The molecule has 0 bridgehead atoms. The average molecular weight is 254 g/mol. The third-order valence-electron chi connectivity index (χ3n) is 1.82. The monoisotopic (exact) mass is 253 g/mol. The second kappa shape index (κ2) is 6.62. The van der Waals surface area contributed by atoms with Crippen LogP contribution in [0.15, 0.2) is 30.3 Å². The minimum absolute atomic E-state index is 0. The summed E-state index contributed by atoms with van der Waals surface area (Å²) in [6.07, 6.45) is 0. The van der Waals surface area contributed by atoms with E-state index >= 15 is 0 Å². The van der Waals surface area contributed by atoms with Crippen LogP contribution in [0.2, 0.25) is 19.6 Å². The van der Waals surface area contributed by atoms with Gasteiger partial charge in [0.25, 0.3) is 0 Å². The molecule has 1 N–H and O–H groups in total. The highest BCUT2D eigenvalue weighted by Crippen LogP contribution is 2.06. The first-order valence-corrected chi connectivity index (χ1v) is 8.82. The molecule has 0 heterocycles. The molecule has 0 amide bonds. The number of benzene rings is 1. The number of anilines is 1. The minimum atomic E-state index is -1.24. The number of hydrogen-bond acceptors (Lipinski definition) is 1. The smallest absolute Gasteiger partial charge is 0.129 e. The van der Waals surface area contributed by atoms with Gasteiger partial charge in [0.05, 0.1) is 6.04 Å². The van der Waals surface area contributed by atoms with Crippen molar-refractivity contribution in [3.05, 3.63) is 30.3 Å². The van der Waals surface area contributed by atoms with Gasteiger partial charge in [-0.2, -0.15) is 0 Å². The molecular formula is C13H20ClNSi. The Morgan fingerprint density at radius 3 is 2.19 bits per heavy atom. The van der Waals surface area contributed by atoms with Crippen molar-refractivity contribution in [1.29, 1.82) is 0 Å². The van der Waals surface area contributed by atoms with Gasteiger partial charge in [0.1, 0.15) is 8.07 Å². The number of hydrogen-bond donors (Lipinski definition) is 1. The summed E-state index contributed by atoms with van der Waals surface area (Å²) in [5.74, 6) is 3.27. The van der Waals surface area contributed by atoms with Crippen molar-refractivity contribution in [1.82, 2.24) is 0 Å². The maximum Gasteiger partial charge on any atom is 0.129 e. The van der Waals surface area contributed by atoms with Crippen LogP contribution in [0, 0.1) is 11.5 Å². The Labute approximate surface area is 106 Å². The van der Waals surface area contributed by atoms with Crippen molar-refractivity contribution in [3.8, 4) is 11.5 Å². The van der Waals surface area contributed by atoms with Gasteiger partial charge in [-0.15, -0.1) is 18.0 Å². The lowest BCUT2D eigenvalue weighted by atomic mass is 10.3. The standard InChI is InChI=1S/C13H19NSi.ClH/c1-12(10-11-15(2,3)4)14-13-8-6-5-7-9-13;/h5-9,12,14H,1-4H3;1H. The lowest BCUT2D eigenvalue weighted by Gasteiger charge is -2.10. The molecule has 88 valence electrons. The average Bonchev–Trinajstić information content (AvgIpc) is 2.15. The fourth-order valence-corrected chi connectivity index (χ4v) is 1.79. The van der Waals surface area contributed by atoms with Gasteiger partial charge in [-0.1, -0.05) is 43.8 Å². The first kappa shape index (κ1) is 15.1. The van der Waals surface area contributed by atoms with Gasteiger partial charge >= 0.3 is 0 Å². The van der Waals surface area contributed by atoms with Gasteiger partial charge < -0.3 is 5.32 Å². The summed E-state index contributed by atoms with van der Waals surface area (Å²) in [5.41, 5.74) is 4.50. The van der Waals surface area contributed by atoms with Crippen molar-refractivity contribution in [2.24, 2.45) is 0 Å². The summed E-state index contributed by atoms with van der Waals surface area (Å²) in [7, 11) is -1.24. The lowest BCUT2D eigenvalue weighted by molar-refractivity contribution is 1.03. The highest BCUT2D eigenvalue weighted by Gasteiger charge is 2.08. The molecular weight excluding hydrogens is 234 g/mol. The first-order valence-electron chi connectivity index (χ1n) is 5.32. The fourth-order valence-electron chi connectivity index (χ4n) is 1.15. The summed E-state index contributed by atoms with van der Waals surface area (Å²) in [6.45, 7) is 8.87. The summed E-state index contributed by atoms with van der Waals surface area (Å²) >= 11 is 0. The Balaban J connectivity index is 0.00000225. The zero-order valence-electron chi connectivity index (χ0n) is 10.4. The SMILES string of the molecule is CC(C#C[Si](C)(C)C)Nc1ccccc1.Cl. The molecule has 0 saturated carbocycles. The molecule has 1 unspecified atom stereocenters. The molecule has 0 aliphatic rings. The molecule has 0 aliphatic heterocycles. The largest absolute Gasteiger partial charge is 0.372 e. The highest BCUT2D eigenvalue weighted by atomic mass is 35.5. The van der Waals surface area contributed by atoms with E-state index in [9.17, 15) is 0 Å². The molecule has 0 spiro atoms. The third kappa shape index (κ3) is 6.55. The summed E-state index contributed by atoms with van der Waals surface area (Å²) in [5, 5.41) is 3.36. The Hall–Kier alpha value is -0.913. The molecule has 0 radical (unpaired) electrons. The summed E-state index contributed by atoms with van der Waals surface area (Å²) in [6, 6.07) is 10.4. The van der Waals surface area contributed by atoms with Gasteiger partial charge in [-0.05, 0) is 19.1 Å². The topological polar surface area (TPSA) is 12.0 Å². The van der Waals surface area contributed by atoms with Gasteiger partial charge in [-0.25, -0.2) is 0 Å². The van der Waals surface area contributed by atoms with Crippen molar-refractivity contribution < 1.29 is 0 Å². The van der Waals surface area contributed by atoms with Crippen LogP contribution in [0.5, 0.6) is 0 Å². The first-order chi connectivity index (χ1) is 6.97. The van der Waals surface area contributed by atoms with Crippen LogP contribution >= 0.6 is 12.4 Å². The van der Waals surface area contributed by atoms with E-state index in [1.807, 2.05) is 18.2 Å². The maximum atomic E-state index is 3.37. The maximum absolute atomic E-state index is 3.37. The number of rotatable bonds is 2. The normalized spacial score (nSPS) is 11.8. The Morgan fingerprint density at radius 1 is 1.12 bits per heavy atom. The van der Waals surface area contributed by atoms with Crippen molar-refractivity contribution in [3.63, 3.8) is 0 Å². The van der Waals surface area contributed by atoms with E-state index in [0.29, 0.717) is 0 Å². The molecule has 1 atom stereocenters. The van der Waals surface area contributed by atoms with Crippen LogP contribution in [-0.2, 0) is 0 Å². The van der Waals surface area contributed by atoms with E-state index in [2.05, 4.69) is 55.5 Å². The van der Waals surface area contributed by atoms with Crippen LogP contribution in [0.4, 0.5) is 5.69 Å². The second-order valence-corrected chi connectivity index (χ2v) is 9.50. The predicted molar refractivity (Wildman–Crippen MR) is 77.9 cm³/mol. The predicted octanol–water partition coefficient (Wildman–Crippen LogP) is 3.79. The van der Waals surface area contributed by atoms with Crippen LogP contribution in [0.25, 0.3) is 0 Å². The molecule has 1 aromatic rings. The third-order valence-corrected chi connectivity index (χ3v) is 2.71. The Bertz CT molecular complexity index is 359. The van der Waals surface area contributed by atoms with Crippen LogP contribution in [0.1, 0.15) is 6.92 Å². The van der Waals surface area contributed by atoms with E-state index in [1.54, 1.807) is 0 Å². The number of nitrogens with one attached hydrogen (secondary N) is 1. The fraction of sp³-hybridized carbons (Fsp3) is 0.385. The van der Waals surface area contributed by atoms with E-state index < -0.39 is 8.07 Å². The minimum Gasteiger partial charge on any atom is -0.372 e. The second-order valence-electron chi connectivity index (χ2n) is 4.75. The number of para-hydroxylation sites is 1. The van der Waals surface area contributed by atoms with E-state index in [1.165, 1.54) is 0 Å². The van der Waals surface area contributed by atoms with Gasteiger partial charge in [0.15, 0.2) is 0 Å². The molecule has 16 heavy (non-hydrogen) atoms. The molecule has 1 aromatic carbocycles. The van der Waals surface area contributed by atoms with Crippen molar-refractivity contribution in [2.75, 3.05) is 5.32 Å². The van der Waals surface area contributed by atoms with Gasteiger partial charge in [0, 0.05) is 5.69 Å². The lowest BCUT2D eigenvalue weighted by Crippen LogP contribution is -2.19. The van der Waals surface area contributed by atoms with Crippen molar-refractivity contribution in [2.45, 2.75) is 32.6 Å². The molecule has 0 saturated heterocycles. The quantitative estimate of drug-likeness (QED) is 0.625. The zero-order valence-corrected chi connectivity index (χ0v) is 12.2. The van der Waals surface area contributed by atoms with Gasteiger partial charge in [-0.3, -0.25) is 0 Å². The molecule has 0 aliphatic carbocycles. The molecule has 0 fully saturated rings. The highest BCUT2D eigenvalue weighted by molar-refractivity contribution is 6.83. The molecule has 0 aromatic heterocycles. The zero-order chi connectivity index (χ0) is 11.3.